The molecule has 0 aromatic rings. The summed E-state index contributed by atoms with van der Waals surface area (Å²) in [6.07, 6.45) is 23.0. The molecule has 8 atom stereocenters. The third-order valence-electron chi connectivity index (χ3n) is 9.08. The predicted molar refractivity (Wildman–Crippen MR) is 174 cm³/mol. The maximum atomic E-state index is 8.19. The van der Waals surface area contributed by atoms with Crippen molar-refractivity contribution in [1.29, 1.82) is 5.53 Å². The van der Waals surface area contributed by atoms with E-state index in [0.717, 1.165) is 24.2 Å². The molecule has 2 unspecified atom stereocenters. The van der Waals surface area contributed by atoms with Crippen molar-refractivity contribution in [1.82, 2.24) is 0 Å². The average Bonchev–Trinajstić information content (AvgIpc) is 3.70. The summed E-state index contributed by atoms with van der Waals surface area (Å²) in [7, 11) is -1.39. The molecule has 5 aliphatic rings. The number of fused-ring (bicyclic) bond motifs is 1. The molecule has 0 aromatic carbocycles. The molecule has 7 nitrogen and oxygen atoms in total. The molecule has 0 spiro atoms. The second-order valence-corrected chi connectivity index (χ2v) is 19.0. The van der Waals surface area contributed by atoms with Crippen molar-refractivity contribution in [3.63, 3.8) is 0 Å². The SMILES string of the molecule is C1CCC2OC2C1.C[C@H]1CCCC[C@@H]1C.C[C@H]1CCCC[C@@H]1Cl.C[C@H]1CCCC[C@@H]1N=[N+]=[N-].C[Si](C)(C)[N-]N=N. The molecule has 0 aromatic heterocycles. The van der Waals surface area contributed by atoms with Crippen molar-refractivity contribution in [2.75, 3.05) is 0 Å². The summed E-state index contributed by atoms with van der Waals surface area (Å²) < 4.78 is 5.28. The number of nitrogens with one attached hydrogen (secondary N) is 1. The van der Waals surface area contributed by atoms with Crippen LogP contribution in [0.4, 0.5) is 0 Å². The topological polar surface area (TPSA) is 112 Å². The fourth-order valence-corrected chi connectivity index (χ4v) is 6.42. The first-order chi connectivity index (χ1) is 19.0. The number of rotatable bonds is 3. The summed E-state index contributed by atoms with van der Waals surface area (Å²) in [5.74, 6) is 3.38. The second-order valence-electron chi connectivity index (χ2n) is 13.9. The summed E-state index contributed by atoms with van der Waals surface area (Å²) in [5.41, 5.74) is 14.5. The van der Waals surface area contributed by atoms with E-state index in [1.807, 2.05) is 19.6 Å². The van der Waals surface area contributed by atoms with Crippen LogP contribution >= 0.6 is 11.6 Å². The predicted octanol–water partition coefficient (Wildman–Crippen LogP) is 12.0. The van der Waals surface area contributed by atoms with E-state index in [9.17, 15) is 0 Å². The van der Waals surface area contributed by atoms with Crippen molar-refractivity contribution in [3.8, 4) is 0 Å². The summed E-state index contributed by atoms with van der Waals surface area (Å²) in [6, 6.07) is 0.277. The highest BCUT2D eigenvalue weighted by Gasteiger charge is 2.39. The lowest BCUT2D eigenvalue weighted by Gasteiger charge is -2.24. The fourth-order valence-electron chi connectivity index (χ4n) is 5.84. The lowest BCUT2D eigenvalue weighted by Crippen LogP contribution is -2.19. The first-order valence-electron chi connectivity index (χ1n) is 16.4. The number of halogens is 1. The molecule has 5 rings (SSSR count). The molecule has 5 fully saturated rings. The van der Waals surface area contributed by atoms with Gasteiger partial charge in [-0.2, -0.15) is 0 Å². The zero-order chi connectivity index (χ0) is 30.0. The van der Waals surface area contributed by atoms with E-state index in [1.165, 1.54) is 96.3 Å². The van der Waals surface area contributed by atoms with Crippen molar-refractivity contribution in [2.24, 2.45) is 34.0 Å². The van der Waals surface area contributed by atoms with Crippen LogP contribution in [0.5, 0.6) is 0 Å². The number of nitrogens with zero attached hydrogens (tertiary/aromatic N) is 5. The van der Waals surface area contributed by atoms with Gasteiger partial charge in [0.2, 0.25) is 0 Å². The smallest absolute Gasteiger partial charge is 0.0841 e. The molecule has 1 N–H and O–H groups in total. The fraction of sp³-hybridized carbons (Fsp3) is 1.00. The molecule has 4 aliphatic carbocycles. The van der Waals surface area contributed by atoms with E-state index < -0.39 is 8.24 Å². The van der Waals surface area contributed by atoms with Crippen LogP contribution in [0.25, 0.3) is 15.5 Å². The van der Waals surface area contributed by atoms with E-state index in [0.29, 0.717) is 23.5 Å². The molecular weight excluding hydrogens is 536 g/mol. The number of hydrogen-bond donors (Lipinski definition) is 1. The standard InChI is InChI=1S/C8H16.C7H13Cl.C7H13N3.C6H10O.C3H10N3Si/c1-7-5-3-4-6-8(7)2;1-6-4-2-3-5-7(6)8;1-6-4-2-3-5-7(6)9-10-8;1-2-4-6-5(3-1)7-6;1-7(2,3)6-5-4/h7-8H,3-6H2,1-2H3;6-7H,2-5H2,1H3;6-7H,2-5H2,1H3;5-6H,1-4H2;1-3H3,(H-,4,6)/q;;;;-1/t7-,8-;2*6-,7-;;/m000../s1. The van der Waals surface area contributed by atoms with Gasteiger partial charge in [-0.05, 0) is 61.3 Å². The van der Waals surface area contributed by atoms with Gasteiger partial charge in [0.1, 0.15) is 0 Å². The first-order valence-corrected chi connectivity index (χ1v) is 20.3. The Hall–Kier alpha value is -0.823. The van der Waals surface area contributed by atoms with Crippen LogP contribution in [0, 0.1) is 29.2 Å². The van der Waals surface area contributed by atoms with Gasteiger partial charge in [0.25, 0.3) is 0 Å². The van der Waals surface area contributed by atoms with Gasteiger partial charge in [0.05, 0.1) is 20.4 Å². The third kappa shape index (κ3) is 17.9. The van der Waals surface area contributed by atoms with E-state index in [4.69, 9.17) is 27.4 Å². The highest BCUT2D eigenvalue weighted by Crippen LogP contribution is 2.36. The Balaban J connectivity index is 0.000000252. The highest BCUT2D eigenvalue weighted by molar-refractivity contribution is 6.80. The van der Waals surface area contributed by atoms with Crippen LogP contribution in [0.1, 0.15) is 130 Å². The van der Waals surface area contributed by atoms with E-state index in [2.05, 4.69) is 48.0 Å². The van der Waals surface area contributed by atoms with E-state index >= 15 is 0 Å². The molecule has 1 saturated heterocycles. The van der Waals surface area contributed by atoms with Gasteiger partial charge in [0.15, 0.2) is 0 Å². The van der Waals surface area contributed by atoms with Crippen molar-refractivity contribution >= 4 is 19.8 Å². The molecule has 234 valence electrons. The molecule has 1 aliphatic heterocycles. The van der Waals surface area contributed by atoms with Crippen LogP contribution in [0.3, 0.4) is 0 Å². The van der Waals surface area contributed by atoms with Gasteiger partial charge >= 0.3 is 0 Å². The Morgan fingerprint density at radius 1 is 0.700 bits per heavy atom. The zero-order valence-corrected chi connectivity index (χ0v) is 28.7. The number of ether oxygens (including phenoxy) is 1. The van der Waals surface area contributed by atoms with Crippen LogP contribution < -0.4 is 0 Å². The number of alkyl halides is 1. The van der Waals surface area contributed by atoms with Crippen LogP contribution in [0.15, 0.2) is 10.3 Å². The highest BCUT2D eigenvalue weighted by atomic mass is 35.5. The lowest BCUT2D eigenvalue weighted by atomic mass is 9.82. The average molecular weight is 598 g/mol. The first kappa shape index (κ1) is 37.2. The molecule has 1 heterocycles. The zero-order valence-electron chi connectivity index (χ0n) is 27.0. The number of hydrogen-bond acceptors (Lipinski definition) is 4. The van der Waals surface area contributed by atoms with Crippen molar-refractivity contribution in [2.45, 2.75) is 174 Å². The maximum Gasteiger partial charge on any atom is 0.0841 e. The summed E-state index contributed by atoms with van der Waals surface area (Å²) in [4.78, 5) is 2.83. The lowest BCUT2D eigenvalue weighted by molar-refractivity contribution is 0.277. The van der Waals surface area contributed by atoms with E-state index in [1.54, 1.807) is 0 Å². The maximum absolute atomic E-state index is 8.19. The largest absolute Gasteiger partial charge is 0.398 e. The number of epoxide rings is 1. The molecule has 0 radical (unpaired) electrons. The molecule has 0 bridgehead atoms. The van der Waals surface area contributed by atoms with Crippen molar-refractivity contribution < 1.29 is 4.74 Å². The van der Waals surface area contributed by atoms with Gasteiger partial charge < -0.3 is 15.4 Å². The molecule has 9 heteroatoms. The molecule has 4 saturated carbocycles. The minimum Gasteiger partial charge on any atom is -0.398 e. The summed E-state index contributed by atoms with van der Waals surface area (Å²) in [6.45, 7) is 15.3. The van der Waals surface area contributed by atoms with Gasteiger partial charge in [-0.3, -0.25) is 5.22 Å². The van der Waals surface area contributed by atoms with E-state index in [-0.39, 0.29) is 6.04 Å². The van der Waals surface area contributed by atoms with Crippen molar-refractivity contribution in [3.05, 3.63) is 15.5 Å². The minimum atomic E-state index is -1.39. The molecule has 0 amide bonds. The third-order valence-corrected chi connectivity index (χ3v) is 10.4. The van der Waals surface area contributed by atoms with Crippen LogP contribution in [0.2, 0.25) is 19.6 Å². The Morgan fingerprint density at radius 3 is 1.43 bits per heavy atom. The Kier molecular flexibility index (Phi) is 19.5. The summed E-state index contributed by atoms with van der Waals surface area (Å²) >= 11 is 5.97. The van der Waals surface area contributed by atoms with Gasteiger partial charge in [-0.25, -0.2) is 0 Å². The normalized spacial score (nSPS) is 34.4. The quantitative estimate of drug-likeness (QED) is 0.0651. The van der Waals surface area contributed by atoms with Gasteiger partial charge in [-0.15, -0.1) is 11.6 Å². The van der Waals surface area contributed by atoms with Crippen LogP contribution in [-0.4, -0.2) is 31.9 Å². The monoisotopic (exact) mass is 597 g/mol. The van der Waals surface area contributed by atoms with Gasteiger partial charge in [0, 0.05) is 16.3 Å². The second kappa shape index (κ2) is 21.0. The Labute approximate surface area is 252 Å². The summed E-state index contributed by atoms with van der Waals surface area (Å²) in [5, 5.41) is 10.9. The minimum absolute atomic E-state index is 0.277. The van der Waals surface area contributed by atoms with Gasteiger partial charge in [-0.1, -0.05) is 123 Å². The van der Waals surface area contributed by atoms with Crippen LogP contribution in [-0.2, 0) is 4.74 Å². The Morgan fingerprint density at radius 2 is 1.12 bits per heavy atom. The number of azide groups is 1. The Bertz CT molecular complexity index is 666. The molecule has 40 heavy (non-hydrogen) atoms. The molecular formula is C31H62ClN6OSi-.